The maximum atomic E-state index is 13.8. The van der Waals surface area contributed by atoms with Gasteiger partial charge in [-0.3, -0.25) is 4.79 Å². The Morgan fingerprint density at radius 3 is 2.23 bits per heavy atom. The molecule has 2 heterocycles. The summed E-state index contributed by atoms with van der Waals surface area (Å²) in [5.41, 5.74) is 2.16. The summed E-state index contributed by atoms with van der Waals surface area (Å²) in [7, 11) is 0. The second kappa shape index (κ2) is 9.25. The van der Waals surface area contributed by atoms with E-state index in [9.17, 15) is 22.4 Å². The zero-order valence-electron chi connectivity index (χ0n) is 18.4. The van der Waals surface area contributed by atoms with Gasteiger partial charge >= 0.3 is 0 Å². The molecule has 1 aliphatic rings. The number of anilines is 2. The minimum atomic E-state index is -0.991. The topological polar surface area (TPSA) is 50.2 Å². The van der Waals surface area contributed by atoms with Gasteiger partial charge in [-0.15, -0.1) is 0 Å². The molecule has 0 fully saturated rings. The summed E-state index contributed by atoms with van der Waals surface area (Å²) in [5, 5.41) is 3.11. The molecule has 1 aliphatic heterocycles. The third-order valence-corrected chi connectivity index (χ3v) is 5.89. The van der Waals surface area contributed by atoms with Crippen LogP contribution >= 0.6 is 0 Å². The second-order valence-corrected chi connectivity index (χ2v) is 8.26. The molecule has 5 rings (SSSR count). The van der Waals surface area contributed by atoms with Gasteiger partial charge in [-0.1, -0.05) is 12.1 Å². The fraction of sp³-hybridized carbons (Fsp3) is 0.154. The molecule has 0 saturated carbocycles. The lowest BCUT2D eigenvalue weighted by molar-refractivity contribution is -0.132. The molecular weight excluding hydrogens is 460 g/mol. The molecule has 35 heavy (non-hydrogen) atoms. The highest BCUT2D eigenvalue weighted by Gasteiger charge is 2.27. The van der Waals surface area contributed by atoms with Gasteiger partial charge in [0, 0.05) is 30.4 Å². The van der Waals surface area contributed by atoms with Crippen molar-refractivity contribution in [3.63, 3.8) is 0 Å². The number of hydrogen-bond donors (Lipinski definition) is 1. The second-order valence-electron chi connectivity index (χ2n) is 8.26. The lowest BCUT2D eigenvalue weighted by Crippen LogP contribution is -2.39. The Morgan fingerprint density at radius 1 is 0.857 bits per heavy atom. The molecular formula is C26H20F4N4O. The molecule has 5 nitrogen and oxygen atoms in total. The molecule has 4 aromatic rings. The van der Waals surface area contributed by atoms with Crippen LogP contribution < -0.4 is 5.32 Å². The normalized spacial score (nSPS) is 13.0. The van der Waals surface area contributed by atoms with Crippen molar-refractivity contribution in [1.82, 2.24) is 14.5 Å². The fourth-order valence-electron chi connectivity index (χ4n) is 4.08. The van der Waals surface area contributed by atoms with Crippen molar-refractivity contribution < 1.29 is 22.4 Å². The van der Waals surface area contributed by atoms with Crippen LogP contribution in [0.25, 0.3) is 11.3 Å². The van der Waals surface area contributed by atoms with Gasteiger partial charge in [0.05, 0.1) is 13.0 Å². The van der Waals surface area contributed by atoms with Gasteiger partial charge in [0.1, 0.15) is 29.0 Å². The van der Waals surface area contributed by atoms with Crippen LogP contribution in [0.3, 0.4) is 0 Å². The summed E-state index contributed by atoms with van der Waals surface area (Å²) in [4.78, 5) is 19.3. The summed E-state index contributed by atoms with van der Waals surface area (Å²) in [5.74, 6) is -1.71. The number of aromatic nitrogens is 2. The van der Waals surface area contributed by atoms with E-state index in [1.54, 1.807) is 29.2 Å². The zero-order valence-corrected chi connectivity index (χ0v) is 18.4. The minimum Gasteiger partial charge on any atom is -0.340 e. The Labute approximate surface area is 198 Å². The minimum absolute atomic E-state index is 0.121. The van der Waals surface area contributed by atoms with E-state index in [0.717, 1.165) is 12.1 Å². The number of amides is 1. The summed E-state index contributed by atoms with van der Waals surface area (Å²) in [6.07, 6.45) is 0.131. The van der Waals surface area contributed by atoms with Crippen LogP contribution in [0, 0.1) is 23.3 Å². The number of halogens is 4. The van der Waals surface area contributed by atoms with Crippen LogP contribution in [0.1, 0.15) is 11.4 Å². The Hall–Kier alpha value is -4.14. The van der Waals surface area contributed by atoms with E-state index >= 15 is 0 Å². The predicted octanol–water partition coefficient (Wildman–Crippen LogP) is 5.44. The van der Waals surface area contributed by atoms with Crippen molar-refractivity contribution in [2.45, 2.75) is 19.5 Å². The number of fused-ring (bicyclic) bond motifs is 1. The van der Waals surface area contributed by atoms with E-state index in [-0.39, 0.29) is 24.7 Å². The first-order chi connectivity index (χ1) is 16.9. The first-order valence-electron chi connectivity index (χ1n) is 11.0. The Morgan fingerprint density at radius 2 is 1.54 bits per heavy atom. The number of nitrogens with one attached hydrogen (secondary N) is 1. The third kappa shape index (κ3) is 4.75. The van der Waals surface area contributed by atoms with Crippen LogP contribution in [-0.2, 0) is 24.3 Å². The van der Waals surface area contributed by atoms with Gasteiger partial charge in [0.2, 0.25) is 5.91 Å². The molecule has 0 atom stereocenters. The van der Waals surface area contributed by atoms with Crippen LogP contribution in [0.2, 0.25) is 0 Å². The lowest BCUT2D eigenvalue weighted by atomic mass is 10.1. The predicted molar refractivity (Wildman–Crippen MR) is 123 cm³/mol. The lowest BCUT2D eigenvalue weighted by Gasteiger charge is -2.28. The van der Waals surface area contributed by atoms with E-state index in [2.05, 4.69) is 5.32 Å². The molecule has 1 amide bonds. The molecule has 0 radical (unpaired) electrons. The molecule has 1 N–H and O–H groups in total. The average Bonchev–Trinajstić information content (AvgIpc) is 3.21. The van der Waals surface area contributed by atoms with Gasteiger partial charge in [0.15, 0.2) is 11.6 Å². The number of imidazole rings is 1. The van der Waals surface area contributed by atoms with Crippen molar-refractivity contribution in [3.05, 3.63) is 101 Å². The van der Waals surface area contributed by atoms with E-state index in [4.69, 9.17) is 4.98 Å². The van der Waals surface area contributed by atoms with Gasteiger partial charge in [-0.25, -0.2) is 22.5 Å². The van der Waals surface area contributed by atoms with Crippen LogP contribution in [0.15, 0.2) is 66.7 Å². The number of rotatable bonds is 5. The van der Waals surface area contributed by atoms with Gasteiger partial charge in [-0.2, -0.15) is 0 Å². The molecule has 0 spiro atoms. The molecule has 0 bridgehead atoms. The van der Waals surface area contributed by atoms with Gasteiger partial charge < -0.3 is 14.8 Å². The summed E-state index contributed by atoms with van der Waals surface area (Å²) >= 11 is 0. The van der Waals surface area contributed by atoms with E-state index in [0.29, 0.717) is 47.2 Å². The van der Waals surface area contributed by atoms with Gasteiger partial charge in [-0.05, 0) is 54.1 Å². The maximum absolute atomic E-state index is 13.8. The van der Waals surface area contributed by atoms with Gasteiger partial charge in [0.25, 0.3) is 0 Å². The monoisotopic (exact) mass is 480 g/mol. The van der Waals surface area contributed by atoms with Crippen LogP contribution in [0.5, 0.6) is 0 Å². The van der Waals surface area contributed by atoms with Crippen LogP contribution in [-0.4, -0.2) is 26.9 Å². The molecule has 178 valence electrons. The largest absolute Gasteiger partial charge is 0.340 e. The molecule has 0 unspecified atom stereocenters. The molecule has 1 aromatic heterocycles. The highest BCUT2D eigenvalue weighted by molar-refractivity contribution is 5.80. The average molecular weight is 480 g/mol. The van der Waals surface area contributed by atoms with Crippen molar-refractivity contribution in [3.8, 4) is 11.3 Å². The first kappa shape index (κ1) is 22.6. The number of carbonyl (C=O) groups excluding carboxylic acids is 1. The van der Waals surface area contributed by atoms with Crippen LogP contribution in [0.4, 0.5) is 29.1 Å². The SMILES string of the molecule is O=C(Cc1ccc(F)cc1)N1CCn2c(nc(-c3ccc(F)cc3)c2Nc2ccc(F)c(F)c2)C1. The van der Waals surface area contributed by atoms with E-state index in [1.165, 1.54) is 30.3 Å². The van der Waals surface area contributed by atoms with Crippen molar-refractivity contribution in [2.75, 3.05) is 11.9 Å². The third-order valence-electron chi connectivity index (χ3n) is 5.89. The number of benzene rings is 3. The van der Waals surface area contributed by atoms with E-state index in [1.807, 2.05) is 4.57 Å². The van der Waals surface area contributed by atoms with Crippen molar-refractivity contribution >= 4 is 17.4 Å². The summed E-state index contributed by atoms with van der Waals surface area (Å²) < 4.78 is 55.8. The Kier molecular flexibility index (Phi) is 5.98. The molecule has 3 aromatic carbocycles. The highest BCUT2D eigenvalue weighted by Crippen LogP contribution is 2.33. The zero-order chi connectivity index (χ0) is 24.5. The highest BCUT2D eigenvalue weighted by atomic mass is 19.2. The smallest absolute Gasteiger partial charge is 0.227 e. The maximum Gasteiger partial charge on any atom is 0.227 e. The summed E-state index contributed by atoms with van der Waals surface area (Å²) in [6.45, 7) is 1.04. The Balaban J connectivity index is 1.45. The number of hydrogen-bond acceptors (Lipinski definition) is 3. The number of carbonyl (C=O) groups is 1. The Bertz CT molecular complexity index is 1380. The standard InChI is InChI=1S/C26H20F4N4O/c27-18-5-1-16(2-6-18)13-24(35)33-11-12-34-23(15-33)32-25(17-3-7-19(28)8-4-17)26(34)31-20-9-10-21(29)22(30)14-20/h1-10,14,31H,11-13,15H2. The van der Waals surface area contributed by atoms with E-state index < -0.39 is 17.5 Å². The molecule has 0 aliphatic carbocycles. The van der Waals surface area contributed by atoms with Crippen molar-refractivity contribution in [2.24, 2.45) is 0 Å². The quantitative estimate of drug-likeness (QED) is 0.388. The first-order valence-corrected chi connectivity index (χ1v) is 11.0. The number of nitrogens with zero attached hydrogens (tertiary/aromatic N) is 3. The summed E-state index contributed by atoms with van der Waals surface area (Å²) in [6, 6.07) is 15.1. The van der Waals surface area contributed by atoms with Crippen molar-refractivity contribution in [1.29, 1.82) is 0 Å². The molecule has 0 saturated heterocycles. The fourth-order valence-corrected chi connectivity index (χ4v) is 4.08. The molecule has 9 heteroatoms.